The molecular formula is C13H20O2. The van der Waals surface area contributed by atoms with Crippen molar-refractivity contribution in [2.24, 2.45) is 0 Å². The molecule has 1 aromatic carbocycles. The standard InChI is InChI=1S/C7H8O2.C6H12/c8-5-6-3-1-2-4-7(6)9;1-2-4-6-5-3-1/h1-4,8-9H,5H2;1-6H2. The number of aromatic hydroxyl groups is 1. The highest BCUT2D eigenvalue weighted by atomic mass is 16.3. The minimum Gasteiger partial charge on any atom is -0.508 e. The van der Waals surface area contributed by atoms with Crippen molar-refractivity contribution in [3.05, 3.63) is 29.8 Å². The van der Waals surface area contributed by atoms with Crippen LogP contribution in [0.3, 0.4) is 0 Å². The number of hydrogen-bond acceptors (Lipinski definition) is 2. The smallest absolute Gasteiger partial charge is 0.121 e. The Morgan fingerprint density at radius 3 is 1.67 bits per heavy atom. The Labute approximate surface area is 91.6 Å². The average Bonchev–Trinajstić information content (AvgIpc) is 2.33. The first-order valence-corrected chi connectivity index (χ1v) is 5.72. The summed E-state index contributed by atoms with van der Waals surface area (Å²) in [7, 11) is 0. The normalized spacial score (nSPS) is 15.3. The number of rotatable bonds is 1. The number of phenols is 1. The first kappa shape index (κ1) is 12.1. The molecule has 0 bridgehead atoms. The second-order valence-electron chi connectivity index (χ2n) is 3.91. The largest absolute Gasteiger partial charge is 0.508 e. The van der Waals surface area contributed by atoms with E-state index >= 15 is 0 Å². The van der Waals surface area contributed by atoms with E-state index in [4.69, 9.17) is 10.2 Å². The van der Waals surface area contributed by atoms with Crippen LogP contribution >= 0.6 is 0 Å². The molecule has 1 aromatic rings. The van der Waals surface area contributed by atoms with Gasteiger partial charge in [-0.05, 0) is 6.07 Å². The predicted molar refractivity (Wildman–Crippen MR) is 61.7 cm³/mol. The van der Waals surface area contributed by atoms with Gasteiger partial charge in [0.1, 0.15) is 5.75 Å². The zero-order valence-electron chi connectivity index (χ0n) is 9.15. The summed E-state index contributed by atoms with van der Waals surface area (Å²) in [5.41, 5.74) is 0.567. The molecule has 15 heavy (non-hydrogen) atoms. The third-order valence-corrected chi connectivity index (χ3v) is 2.66. The quantitative estimate of drug-likeness (QED) is 0.744. The van der Waals surface area contributed by atoms with Crippen LogP contribution in [0.25, 0.3) is 0 Å². The Balaban J connectivity index is 0.000000162. The Bertz CT molecular complexity index is 255. The Morgan fingerprint density at radius 1 is 0.867 bits per heavy atom. The van der Waals surface area contributed by atoms with Crippen LogP contribution < -0.4 is 0 Å². The van der Waals surface area contributed by atoms with Gasteiger partial charge in [-0.1, -0.05) is 56.7 Å². The molecule has 1 aliphatic rings. The van der Waals surface area contributed by atoms with Crippen LogP contribution in [0.5, 0.6) is 5.75 Å². The van der Waals surface area contributed by atoms with Gasteiger partial charge in [-0.15, -0.1) is 0 Å². The van der Waals surface area contributed by atoms with E-state index in [0.717, 1.165) is 0 Å². The summed E-state index contributed by atoms with van der Waals surface area (Å²) in [5, 5.41) is 17.5. The fourth-order valence-electron chi connectivity index (χ4n) is 1.71. The van der Waals surface area contributed by atoms with Gasteiger partial charge in [-0.3, -0.25) is 0 Å². The molecule has 0 amide bonds. The van der Waals surface area contributed by atoms with Crippen LogP contribution in [0.4, 0.5) is 0 Å². The molecule has 1 saturated carbocycles. The topological polar surface area (TPSA) is 40.5 Å². The molecule has 2 nitrogen and oxygen atoms in total. The fourth-order valence-corrected chi connectivity index (χ4v) is 1.71. The summed E-state index contributed by atoms with van der Waals surface area (Å²) in [6, 6.07) is 6.71. The molecule has 0 atom stereocenters. The molecule has 0 aliphatic heterocycles. The number of benzene rings is 1. The molecule has 0 unspecified atom stereocenters. The van der Waals surface area contributed by atoms with Crippen LogP contribution in [0.15, 0.2) is 24.3 Å². The molecule has 0 aromatic heterocycles. The number of para-hydroxylation sites is 1. The number of aliphatic hydroxyl groups excluding tert-OH is 1. The number of hydrogen-bond donors (Lipinski definition) is 2. The van der Waals surface area contributed by atoms with E-state index in [0.29, 0.717) is 5.56 Å². The molecular weight excluding hydrogens is 188 g/mol. The summed E-state index contributed by atoms with van der Waals surface area (Å²) in [6.07, 6.45) is 9.00. The van der Waals surface area contributed by atoms with Crippen molar-refractivity contribution >= 4 is 0 Å². The summed E-state index contributed by atoms with van der Waals surface area (Å²) < 4.78 is 0. The second-order valence-corrected chi connectivity index (χ2v) is 3.91. The zero-order valence-corrected chi connectivity index (χ0v) is 9.15. The van der Waals surface area contributed by atoms with Crippen molar-refractivity contribution < 1.29 is 10.2 Å². The van der Waals surface area contributed by atoms with Gasteiger partial charge in [-0.25, -0.2) is 0 Å². The highest BCUT2D eigenvalue weighted by molar-refractivity contribution is 5.30. The predicted octanol–water partition coefficient (Wildman–Crippen LogP) is 3.23. The van der Waals surface area contributed by atoms with E-state index in [1.54, 1.807) is 24.3 Å². The van der Waals surface area contributed by atoms with Crippen LogP contribution in [-0.4, -0.2) is 10.2 Å². The van der Waals surface area contributed by atoms with E-state index < -0.39 is 0 Å². The van der Waals surface area contributed by atoms with E-state index in [1.807, 2.05) is 0 Å². The van der Waals surface area contributed by atoms with Gasteiger partial charge in [0.15, 0.2) is 0 Å². The molecule has 84 valence electrons. The van der Waals surface area contributed by atoms with Crippen LogP contribution in [0.1, 0.15) is 44.1 Å². The van der Waals surface area contributed by atoms with Crippen molar-refractivity contribution in [3.8, 4) is 5.75 Å². The molecule has 1 aliphatic carbocycles. The summed E-state index contributed by atoms with van der Waals surface area (Å²) in [6.45, 7) is -0.104. The van der Waals surface area contributed by atoms with Gasteiger partial charge in [-0.2, -0.15) is 0 Å². The first-order valence-electron chi connectivity index (χ1n) is 5.72. The van der Waals surface area contributed by atoms with Gasteiger partial charge in [0.2, 0.25) is 0 Å². The Kier molecular flexibility index (Phi) is 5.86. The van der Waals surface area contributed by atoms with Gasteiger partial charge in [0.25, 0.3) is 0 Å². The lowest BCUT2D eigenvalue weighted by Gasteiger charge is -2.05. The van der Waals surface area contributed by atoms with E-state index in [2.05, 4.69) is 0 Å². The van der Waals surface area contributed by atoms with Crippen molar-refractivity contribution in [1.82, 2.24) is 0 Å². The van der Waals surface area contributed by atoms with E-state index in [9.17, 15) is 0 Å². The third-order valence-electron chi connectivity index (χ3n) is 2.66. The fraction of sp³-hybridized carbons (Fsp3) is 0.538. The van der Waals surface area contributed by atoms with Gasteiger partial charge in [0, 0.05) is 5.56 Å². The highest BCUT2D eigenvalue weighted by Crippen LogP contribution is 2.15. The van der Waals surface area contributed by atoms with E-state index in [-0.39, 0.29) is 12.4 Å². The molecule has 2 N–H and O–H groups in total. The van der Waals surface area contributed by atoms with Crippen LogP contribution in [0, 0.1) is 0 Å². The lowest BCUT2D eigenvalue weighted by molar-refractivity contribution is 0.275. The zero-order chi connectivity index (χ0) is 10.9. The SMILES string of the molecule is C1CCCCC1.OCc1ccccc1O. The maximum absolute atomic E-state index is 8.95. The second kappa shape index (κ2) is 7.30. The van der Waals surface area contributed by atoms with Gasteiger partial charge >= 0.3 is 0 Å². The van der Waals surface area contributed by atoms with Crippen molar-refractivity contribution in [2.75, 3.05) is 0 Å². The summed E-state index contributed by atoms with van der Waals surface area (Å²) in [4.78, 5) is 0. The summed E-state index contributed by atoms with van der Waals surface area (Å²) in [5.74, 6) is 0.153. The molecule has 0 radical (unpaired) electrons. The van der Waals surface area contributed by atoms with Crippen molar-refractivity contribution in [1.29, 1.82) is 0 Å². The molecule has 0 saturated heterocycles. The Morgan fingerprint density at radius 2 is 1.33 bits per heavy atom. The van der Waals surface area contributed by atoms with Crippen LogP contribution in [-0.2, 0) is 6.61 Å². The lowest BCUT2D eigenvalue weighted by atomic mass is 10.0. The lowest BCUT2D eigenvalue weighted by Crippen LogP contribution is -1.85. The molecule has 2 rings (SSSR count). The average molecular weight is 208 g/mol. The van der Waals surface area contributed by atoms with Crippen molar-refractivity contribution in [3.63, 3.8) is 0 Å². The first-order chi connectivity index (χ1) is 7.34. The van der Waals surface area contributed by atoms with Gasteiger partial charge in [0.05, 0.1) is 6.61 Å². The molecule has 1 fully saturated rings. The third kappa shape index (κ3) is 4.84. The molecule has 0 spiro atoms. The Hall–Kier alpha value is -1.02. The molecule has 0 heterocycles. The maximum atomic E-state index is 8.95. The number of aliphatic hydroxyl groups is 1. The van der Waals surface area contributed by atoms with Crippen molar-refractivity contribution in [2.45, 2.75) is 45.1 Å². The minimum atomic E-state index is -0.104. The van der Waals surface area contributed by atoms with Crippen LogP contribution in [0.2, 0.25) is 0 Å². The maximum Gasteiger partial charge on any atom is 0.121 e. The monoisotopic (exact) mass is 208 g/mol. The molecule has 2 heteroatoms. The highest BCUT2D eigenvalue weighted by Gasteiger charge is 1.95. The van der Waals surface area contributed by atoms with Gasteiger partial charge < -0.3 is 10.2 Å². The van der Waals surface area contributed by atoms with E-state index in [1.165, 1.54) is 38.5 Å². The minimum absolute atomic E-state index is 0.104. The summed E-state index contributed by atoms with van der Waals surface area (Å²) >= 11 is 0.